The maximum atomic E-state index is 9.18. The molecule has 1 saturated heterocycles. The molecule has 0 radical (unpaired) electrons. The van der Waals surface area contributed by atoms with Crippen LogP contribution in [0.1, 0.15) is 25.3 Å². The van der Waals surface area contributed by atoms with E-state index >= 15 is 0 Å². The van der Waals surface area contributed by atoms with Crippen LogP contribution in [0.15, 0.2) is 18.2 Å². The average molecular weight is 245 g/mol. The summed E-state index contributed by atoms with van der Waals surface area (Å²) < 4.78 is 5.65. The first-order valence-electron chi connectivity index (χ1n) is 6.40. The number of likely N-dealkylation sites (N-methyl/N-ethyl adjacent to an activating group) is 1. The van der Waals surface area contributed by atoms with Gasteiger partial charge in [-0.05, 0) is 38.0 Å². The van der Waals surface area contributed by atoms with Crippen LogP contribution in [0, 0.1) is 11.3 Å². The molecule has 0 spiro atoms. The van der Waals surface area contributed by atoms with Gasteiger partial charge in [0.1, 0.15) is 6.07 Å². The van der Waals surface area contributed by atoms with Gasteiger partial charge in [0.25, 0.3) is 0 Å². The third kappa shape index (κ3) is 2.74. The molecule has 1 atom stereocenters. The third-order valence-electron chi connectivity index (χ3n) is 3.31. The summed E-state index contributed by atoms with van der Waals surface area (Å²) in [6.45, 7) is 4.65. The van der Waals surface area contributed by atoms with Crippen LogP contribution in [-0.2, 0) is 4.74 Å². The molecule has 1 aromatic rings. The summed E-state index contributed by atoms with van der Waals surface area (Å²) in [5.41, 5.74) is 7.93. The van der Waals surface area contributed by atoms with Gasteiger partial charge in [-0.3, -0.25) is 0 Å². The van der Waals surface area contributed by atoms with E-state index in [1.165, 1.54) is 0 Å². The van der Waals surface area contributed by atoms with Gasteiger partial charge in [-0.2, -0.15) is 5.26 Å². The van der Waals surface area contributed by atoms with Gasteiger partial charge in [0, 0.05) is 25.4 Å². The van der Waals surface area contributed by atoms with Crippen LogP contribution in [0.2, 0.25) is 0 Å². The van der Waals surface area contributed by atoms with E-state index in [1.54, 1.807) is 6.07 Å². The molecule has 4 heteroatoms. The van der Waals surface area contributed by atoms with Crippen molar-refractivity contribution in [2.45, 2.75) is 25.9 Å². The number of hydrogen-bond acceptors (Lipinski definition) is 4. The number of benzene rings is 1. The summed E-state index contributed by atoms with van der Waals surface area (Å²) in [6, 6.07) is 7.71. The Morgan fingerprint density at radius 2 is 2.39 bits per heavy atom. The fraction of sp³-hybridized carbons (Fsp3) is 0.500. The molecule has 1 aromatic carbocycles. The quantitative estimate of drug-likeness (QED) is 0.826. The highest BCUT2D eigenvalue weighted by Crippen LogP contribution is 2.24. The first-order valence-corrected chi connectivity index (χ1v) is 6.40. The molecule has 2 rings (SSSR count). The van der Waals surface area contributed by atoms with Crippen LogP contribution in [0.5, 0.6) is 0 Å². The van der Waals surface area contributed by atoms with E-state index < -0.39 is 0 Å². The molecule has 0 aliphatic carbocycles. The van der Waals surface area contributed by atoms with Gasteiger partial charge in [-0.1, -0.05) is 0 Å². The van der Waals surface area contributed by atoms with Crippen LogP contribution < -0.4 is 10.6 Å². The Morgan fingerprint density at radius 3 is 3.00 bits per heavy atom. The first-order chi connectivity index (χ1) is 8.74. The van der Waals surface area contributed by atoms with E-state index in [1.807, 2.05) is 12.1 Å². The maximum absolute atomic E-state index is 9.18. The summed E-state index contributed by atoms with van der Waals surface area (Å²) in [5, 5.41) is 9.18. The molecule has 1 heterocycles. The van der Waals surface area contributed by atoms with Gasteiger partial charge in [0.15, 0.2) is 0 Å². The molecule has 1 aliphatic heterocycles. The minimum Gasteiger partial charge on any atom is -0.399 e. The standard InChI is InChI=1S/C14H19N3O/c1-2-17(10-13-4-3-7-18-13)14-6-5-12(16)8-11(14)9-15/h5-6,8,13H,2-4,7,10,16H2,1H3. The molecule has 0 bridgehead atoms. The zero-order valence-electron chi connectivity index (χ0n) is 10.7. The molecular weight excluding hydrogens is 226 g/mol. The van der Waals surface area contributed by atoms with Crippen LogP contribution in [0.4, 0.5) is 11.4 Å². The van der Waals surface area contributed by atoms with Gasteiger partial charge in [0.2, 0.25) is 0 Å². The van der Waals surface area contributed by atoms with Crippen molar-refractivity contribution in [2.75, 3.05) is 30.3 Å². The summed E-state index contributed by atoms with van der Waals surface area (Å²) in [4.78, 5) is 2.19. The zero-order chi connectivity index (χ0) is 13.0. The Kier molecular flexibility index (Phi) is 4.06. The second-order valence-electron chi connectivity index (χ2n) is 4.56. The Labute approximate surface area is 108 Å². The number of nitrogens with zero attached hydrogens (tertiary/aromatic N) is 2. The van der Waals surface area contributed by atoms with Crippen LogP contribution in [-0.4, -0.2) is 25.8 Å². The molecule has 1 aliphatic rings. The number of rotatable bonds is 4. The number of hydrogen-bond donors (Lipinski definition) is 1. The predicted octanol–water partition coefficient (Wildman–Crippen LogP) is 2.15. The molecule has 2 N–H and O–H groups in total. The monoisotopic (exact) mass is 245 g/mol. The first kappa shape index (κ1) is 12.7. The van der Waals surface area contributed by atoms with Gasteiger partial charge in [-0.25, -0.2) is 0 Å². The van der Waals surface area contributed by atoms with E-state index in [0.717, 1.165) is 38.2 Å². The molecule has 1 unspecified atom stereocenters. The second kappa shape index (κ2) is 5.74. The lowest BCUT2D eigenvalue weighted by Gasteiger charge is -2.27. The highest BCUT2D eigenvalue weighted by molar-refractivity contribution is 5.64. The molecule has 0 amide bonds. The highest BCUT2D eigenvalue weighted by atomic mass is 16.5. The Morgan fingerprint density at radius 1 is 1.56 bits per heavy atom. The van der Waals surface area contributed by atoms with Crippen LogP contribution in [0.3, 0.4) is 0 Å². The van der Waals surface area contributed by atoms with Crippen LogP contribution >= 0.6 is 0 Å². The lowest BCUT2D eigenvalue weighted by Crippen LogP contribution is -2.32. The average Bonchev–Trinajstić information content (AvgIpc) is 2.89. The van der Waals surface area contributed by atoms with Crippen molar-refractivity contribution < 1.29 is 4.74 Å². The smallest absolute Gasteiger partial charge is 0.101 e. The van der Waals surface area contributed by atoms with Crippen molar-refractivity contribution in [3.8, 4) is 6.07 Å². The lowest BCUT2D eigenvalue weighted by molar-refractivity contribution is 0.115. The molecule has 18 heavy (non-hydrogen) atoms. The minimum absolute atomic E-state index is 0.286. The van der Waals surface area contributed by atoms with E-state index in [0.29, 0.717) is 11.3 Å². The number of ether oxygens (including phenoxy) is 1. The molecular formula is C14H19N3O. The van der Waals surface area contributed by atoms with Gasteiger partial charge in [-0.15, -0.1) is 0 Å². The molecule has 96 valence electrons. The van der Waals surface area contributed by atoms with E-state index in [4.69, 9.17) is 10.5 Å². The van der Waals surface area contributed by atoms with Crippen molar-refractivity contribution in [3.63, 3.8) is 0 Å². The molecule has 4 nitrogen and oxygen atoms in total. The molecule has 0 aromatic heterocycles. The van der Waals surface area contributed by atoms with Crippen molar-refractivity contribution in [1.29, 1.82) is 5.26 Å². The number of nitrogens with two attached hydrogens (primary N) is 1. The summed E-state index contributed by atoms with van der Waals surface area (Å²) >= 11 is 0. The number of anilines is 2. The summed E-state index contributed by atoms with van der Waals surface area (Å²) in [5.74, 6) is 0. The summed E-state index contributed by atoms with van der Waals surface area (Å²) in [6.07, 6.45) is 2.52. The Hall–Kier alpha value is -1.73. The number of nitrogen functional groups attached to an aromatic ring is 1. The maximum Gasteiger partial charge on any atom is 0.101 e. The second-order valence-corrected chi connectivity index (χ2v) is 4.56. The predicted molar refractivity (Wildman–Crippen MR) is 72.4 cm³/mol. The third-order valence-corrected chi connectivity index (χ3v) is 3.31. The Balaban J connectivity index is 2.18. The molecule has 1 fully saturated rings. The fourth-order valence-corrected chi connectivity index (χ4v) is 2.35. The van der Waals surface area contributed by atoms with E-state index in [-0.39, 0.29) is 6.10 Å². The molecule has 0 saturated carbocycles. The van der Waals surface area contributed by atoms with E-state index in [9.17, 15) is 5.26 Å². The van der Waals surface area contributed by atoms with Crippen molar-refractivity contribution in [1.82, 2.24) is 0 Å². The highest BCUT2D eigenvalue weighted by Gasteiger charge is 2.20. The summed E-state index contributed by atoms with van der Waals surface area (Å²) in [7, 11) is 0. The van der Waals surface area contributed by atoms with Gasteiger partial charge < -0.3 is 15.4 Å². The van der Waals surface area contributed by atoms with Crippen molar-refractivity contribution in [2.24, 2.45) is 0 Å². The van der Waals surface area contributed by atoms with Crippen molar-refractivity contribution >= 4 is 11.4 Å². The van der Waals surface area contributed by atoms with Crippen LogP contribution in [0.25, 0.3) is 0 Å². The largest absolute Gasteiger partial charge is 0.399 e. The normalized spacial score (nSPS) is 18.6. The fourth-order valence-electron chi connectivity index (χ4n) is 2.35. The lowest BCUT2D eigenvalue weighted by atomic mass is 10.1. The topological polar surface area (TPSA) is 62.3 Å². The van der Waals surface area contributed by atoms with Gasteiger partial charge >= 0.3 is 0 Å². The number of nitriles is 1. The SMILES string of the molecule is CCN(CC1CCCO1)c1ccc(N)cc1C#N. The van der Waals surface area contributed by atoms with Gasteiger partial charge in [0.05, 0.1) is 17.4 Å². The van der Waals surface area contributed by atoms with E-state index in [2.05, 4.69) is 17.9 Å². The minimum atomic E-state index is 0.286. The van der Waals surface area contributed by atoms with Crippen molar-refractivity contribution in [3.05, 3.63) is 23.8 Å². The Bertz CT molecular complexity index is 447. The zero-order valence-corrected chi connectivity index (χ0v) is 10.7.